The molecule has 0 fully saturated rings. The van der Waals surface area contributed by atoms with Crippen LogP contribution in [0.5, 0.6) is 0 Å². The normalized spacial score (nSPS) is 10.0. The molecular weight excluding hydrogens is 306 g/mol. The van der Waals surface area contributed by atoms with Gasteiger partial charge in [-0.1, -0.05) is 18.2 Å². The number of aromatic nitrogens is 2. The minimum atomic E-state index is -0.446. The summed E-state index contributed by atoms with van der Waals surface area (Å²) in [6, 6.07) is 19.3. The summed E-state index contributed by atoms with van der Waals surface area (Å²) in [4.78, 5) is 22.8. The minimum Gasteiger partial charge on any atom is -0.356 e. The molecule has 0 aliphatic heterocycles. The van der Waals surface area contributed by atoms with Crippen molar-refractivity contribution in [3.05, 3.63) is 77.1 Å². The van der Waals surface area contributed by atoms with Gasteiger partial charge in [0.05, 0.1) is 0 Å². The lowest BCUT2D eigenvalue weighted by atomic mass is 10.2. The first-order valence-corrected chi connectivity index (χ1v) is 7.25. The lowest BCUT2D eigenvalue weighted by molar-refractivity contribution is 0.262. The summed E-state index contributed by atoms with van der Waals surface area (Å²) >= 11 is 0. The fourth-order valence-corrected chi connectivity index (χ4v) is 2.02. The number of urea groups is 1. The molecule has 1 aromatic heterocycles. The van der Waals surface area contributed by atoms with Crippen LogP contribution in [0.3, 0.4) is 0 Å². The number of hydrogen-bond acceptors (Lipinski definition) is 4. The number of carbonyl (C=O) groups is 1. The molecular formula is C17H15N5O2. The molecule has 2 aromatic carbocycles. The maximum absolute atomic E-state index is 11.9. The molecule has 0 atom stereocenters. The SMILES string of the molecule is O=C(Nc1ccc(Nc2ccccc2)cc1)Nc1ccc(=O)[nH]n1. The second kappa shape index (κ2) is 7.10. The summed E-state index contributed by atoms with van der Waals surface area (Å²) < 4.78 is 0. The number of aromatic amines is 1. The van der Waals surface area contributed by atoms with Crippen molar-refractivity contribution in [2.75, 3.05) is 16.0 Å². The molecule has 3 aromatic rings. The van der Waals surface area contributed by atoms with Gasteiger partial charge in [0.25, 0.3) is 5.56 Å². The lowest BCUT2D eigenvalue weighted by Crippen LogP contribution is -2.21. The van der Waals surface area contributed by atoms with Crippen molar-refractivity contribution in [3.63, 3.8) is 0 Å². The zero-order valence-corrected chi connectivity index (χ0v) is 12.6. The molecule has 0 aliphatic carbocycles. The second-order valence-corrected chi connectivity index (χ2v) is 4.95. The monoisotopic (exact) mass is 321 g/mol. The maximum atomic E-state index is 11.9. The maximum Gasteiger partial charge on any atom is 0.324 e. The van der Waals surface area contributed by atoms with E-state index in [9.17, 15) is 9.59 Å². The first-order chi connectivity index (χ1) is 11.7. The number of rotatable bonds is 4. The molecule has 1 heterocycles. The van der Waals surface area contributed by atoms with E-state index in [4.69, 9.17) is 0 Å². The molecule has 0 bridgehead atoms. The Balaban J connectivity index is 1.58. The highest BCUT2D eigenvalue weighted by molar-refractivity contribution is 5.99. The largest absolute Gasteiger partial charge is 0.356 e. The van der Waals surface area contributed by atoms with Gasteiger partial charge in [-0.25, -0.2) is 9.89 Å². The van der Waals surface area contributed by atoms with Gasteiger partial charge in [-0.15, -0.1) is 0 Å². The Labute approximate surface area is 137 Å². The van der Waals surface area contributed by atoms with Gasteiger partial charge in [0, 0.05) is 23.1 Å². The quantitative estimate of drug-likeness (QED) is 0.593. The molecule has 24 heavy (non-hydrogen) atoms. The third-order valence-corrected chi connectivity index (χ3v) is 3.13. The van der Waals surface area contributed by atoms with Gasteiger partial charge in [-0.3, -0.25) is 10.1 Å². The summed E-state index contributed by atoms with van der Waals surface area (Å²) in [6.45, 7) is 0. The number of nitrogens with one attached hydrogen (secondary N) is 4. The van der Waals surface area contributed by atoms with Crippen LogP contribution in [-0.4, -0.2) is 16.2 Å². The van der Waals surface area contributed by atoms with Crippen LogP contribution in [0.2, 0.25) is 0 Å². The number of anilines is 4. The van der Waals surface area contributed by atoms with Crippen molar-refractivity contribution in [3.8, 4) is 0 Å². The fourth-order valence-electron chi connectivity index (χ4n) is 2.02. The molecule has 0 saturated carbocycles. The van der Waals surface area contributed by atoms with Crippen LogP contribution in [0.15, 0.2) is 71.5 Å². The van der Waals surface area contributed by atoms with Gasteiger partial charge in [0.2, 0.25) is 0 Å². The van der Waals surface area contributed by atoms with E-state index in [1.54, 1.807) is 12.1 Å². The number of amides is 2. The van der Waals surface area contributed by atoms with Crippen LogP contribution >= 0.6 is 0 Å². The fraction of sp³-hybridized carbons (Fsp3) is 0. The van der Waals surface area contributed by atoms with E-state index in [-0.39, 0.29) is 11.4 Å². The number of para-hydroxylation sites is 1. The van der Waals surface area contributed by atoms with Crippen LogP contribution in [-0.2, 0) is 0 Å². The minimum absolute atomic E-state index is 0.259. The Morgan fingerprint density at radius 3 is 2.12 bits per heavy atom. The Morgan fingerprint density at radius 2 is 1.46 bits per heavy atom. The van der Waals surface area contributed by atoms with Crippen molar-refractivity contribution >= 4 is 28.9 Å². The third-order valence-electron chi connectivity index (χ3n) is 3.13. The van der Waals surface area contributed by atoms with Gasteiger partial charge in [0.1, 0.15) is 0 Å². The van der Waals surface area contributed by atoms with Crippen molar-refractivity contribution in [1.82, 2.24) is 10.2 Å². The first kappa shape index (κ1) is 15.3. The number of hydrogen-bond donors (Lipinski definition) is 4. The third kappa shape index (κ3) is 4.20. The van der Waals surface area contributed by atoms with Crippen molar-refractivity contribution < 1.29 is 4.79 Å². The standard InChI is InChI=1S/C17H15N5O2/c23-16-11-10-15(21-22-16)20-17(24)19-14-8-6-13(7-9-14)18-12-4-2-1-3-5-12/h1-11,18H,(H,22,23)(H2,19,20,21,24). The summed E-state index contributed by atoms with van der Waals surface area (Å²) in [6.07, 6.45) is 0. The molecule has 4 N–H and O–H groups in total. The van der Waals surface area contributed by atoms with E-state index >= 15 is 0 Å². The Bertz CT molecular complexity index is 855. The molecule has 7 nitrogen and oxygen atoms in total. The molecule has 120 valence electrons. The number of benzene rings is 2. The highest BCUT2D eigenvalue weighted by Crippen LogP contribution is 2.18. The zero-order chi connectivity index (χ0) is 16.8. The Morgan fingerprint density at radius 1 is 0.792 bits per heavy atom. The van der Waals surface area contributed by atoms with E-state index in [1.807, 2.05) is 42.5 Å². The summed E-state index contributed by atoms with van der Waals surface area (Å²) in [5.74, 6) is 0.259. The molecule has 0 radical (unpaired) electrons. The Kier molecular flexibility index (Phi) is 4.52. The van der Waals surface area contributed by atoms with Crippen molar-refractivity contribution in [2.45, 2.75) is 0 Å². The van der Waals surface area contributed by atoms with Crippen LogP contribution in [0, 0.1) is 0 Å². The zero-order valence-electron chi connectivity index (χ0n) is 12.6. The van der Waals surface area contributed by atoms with E-state index in [0.717, 1.165) is 11.4 Å². The van der Waals surface area contributed by atoms with Crippen LogP contribution in [0.1, 0.15) is 0 Å². The van der Waals surface area contributed by atoms with Gasteiger partial charge in [0.15, 0.2) is 5.82 Å². The molecule has 0 spiro atoms. The molecule has 3 rings (SSSR count). The summed E-state index contributed by atoms with van der Waals surface area (Å²) in [5, 5.41) is 14.4. The second-order valence-electron chi connectivity index (χ2n) is 4.95. The highest BCUT2D eigenvalue weighted by atomic mass is 16.2. The van der Waals surface area contributed by atoms with Gasteiger partial charge < -0.3 is 10.6 Å². The molecule has 0 unspecified atom stereocenters. The van der Waals surface area contributed by atoms with Crippen LogP contribution < -0.4 is 21.5 Å². The smallest absolute Gasteiger partial charge is 0.324 e. The predicted octanol–water partition coefficient (Wildman–Crippen LogP) is 3.16. The summed E-state index contributed by atoms with van der Waals surface area (Å²) in [5.41, 5.74) is 2.20. The first-order valence-electron chi connectivity index (χ1n) is 7.25. The van der Waals surface area contributed by atoms with E-state index in [1.165, 1.54) is 12.1 Å². The lowest BCUT2D eigenvalue weighted by Gasteiger charge is -2.09. The van der Waals surface area contributed by atoms with Gasteiger partial charge >= 0.3 is 6.03 Å². The van der Waals surface area contributed by atoms with Crippen LogP contribution in [0.4, 0.5) is 27.7 Å². The average Bonchev–Trinajstić information content (AvgIpc) is 2.60. The van der Waals surface area contributed by atoms with Gasteiger partial charge in [-0.2, -0.15) is 5.10 Å². The number of nitrogens with zero attached hydrogens (tertiary/aromatic N) is 1. The number of carbonyl (C=O) groups excluding carboxylic acids is 1. The van der Waals surface area contributed by atoms with E-state index in [0.29, 0.717) is 5.69 Å². The number of H-pyrrole nitrogens is 1. The highest BCUT2D eigenvalue weighted by Gasteiger charge is 2.04. The topological polar surface area (TPSA) is 98.9 Å². The van der Waals surface area contributed by atoms with Gasteiger partial charge in [-0.05, 0) is 42.5 Å². The molecule has 0 saturated heterocycles. The average molecular weight is 321 g/mol. The van der Waals surface area contributed by atoms with E-state index in [2.05, 4.69) is 26.1 Å². The van der Waals surface area contributed by atoms with Crippen LogP contribution in [0.25, 0.3) is 0 Å². The summed E-state index contributed by atoms with van der Waals surface area (Å²) in [7, 11) is 0. The van der Waals surface area contributed by atoms with E-state index < -0.39 is 6.03 Å². The predicted molar refractivity (Wildman–Crippen MR) is 93.7 cm³/mol. The molecule has 2 amide bonds. The van der Waals surface area contributed by atoms with Crippen molar-refractivity contribution in [2.24, 2.45) is 0 Å². The molecule has 0 aliphatic rings. The van der Waals surface area contributed by atoms with Crippen molar-refractivity contribution in [1.29, 1.82) is 0 Å². The Hall–Kier alpha value is -3.61. The molecule has 7 heteroatoms.